The third kappa shape index (κ3) is 1.17. The molecule has 0 aliphatic heterocycles. The third-order valence-electron chi connectivity index (χ3n) is 1.92. The fourth-order valence-electron chi connectivity index (χ4n) is 1.22. The zero-order chi connectivity index (χ0) is 10.3. The highest BCUT2D eigenvalue weighted by Gasteiger charge is 2.04. The molecule has 0 saturated heterocycles. The van der Waals surface area contributed by atoms with E-state index in [0.717, 1.165) is 0 Å². The normalized spacial score (nSPS) is 10.6. The number of aromatic nitrogens is 3. The lowest BCUT2D eigenvalue weighted by molar-refractivity contribution is 1.13. The summed E-state index contributed by atoms with van der Waals surface area (Å²) in [5.41, 5.74) is 5.38. The molecule has 0 amide bonds. The molecule has 0 aromatic carbocycles. The van der Waals surface area contributed by atoms with Gasteiger partial charge in [0, 0.05) is 5.56 Å². The Hall–Kier alpha value is -2.11. The van der Waals surface area contributed by atoms with Crippen molar-refractivity contribution in [1.29, 1.82) is 0 Å². The predicted octanol–water partition coefficient (Wildman–Crippen LogP) is -0.498. The molecule has 6 nitrogen and oxygen atoms in total. The Morgan fingerprint density at radius 1 is 1.29 bits per heavy atom. The summed E-state index contributed by atoms with van der Waals surface area (Å²) in [6.45, 7) is 1.62. The zero-order valence-corrected chi connectivity index (χ0v) is 7.42. The molecule has 0 saturated carbocycles. The van der Waals surface area contributed by atoms with E-state index in [0.29, 0.717) is 10.9 Å². The maximum absolute atomic E-state index is 11.4. The van der Waals surface area contributed by atoms with Crippen molar-refractivity contribution in [2.45, 2.75) is 6.92 Å². The van der Waals surface area contributed by atoms with Crippen LogP contribution in [0.15, 0.2) is 15.7 Å². The lowest BCUT2D eigenvalue weighted by Crippen LogP contribution is -2.17. The number of nitrogen functional groups attached to an aromatic ring is 1. The van der Waals surface area contributed by atoms with Gasteiger partial charge in [0.2, 0.25) is 5.95 Å². The number of pyridine rings is 1. The van der Waals surface area contributed by atoms with Gasteiger partial charge in [0.15, 0.2) is 0 Å². The SMILES string of the molecule is Cc1cc2c(=O)[nH]c(N)nc2[nH]c1=O. The van der Waals surface area contributed by atoms with Crippen molar-refractivity contribution < 1.29 is 0 Å². The smallest absolute Gasteiger partial charge is 0.261 e. The summed E-state index contributed by atoms with van der Waals surface area (Å²) in [5.74, 6) is -0.0120. The number of nitrogens with two attached hydrogens (primary N) is 1. The van der Waals surface area contributed by atoms with Crippen molar-refractivity contribution in [3.05, 3.63) is 32.3 Å². The van der Waals surface area contributed by atoms with Crippen LogP contribution in [0.1, 0.15) is 5.56 Å². The maximum atomic E-state index is 11.4. The molecule has 2 rings (SSSR count). The molecule has 0 aliphatic rings. The third-order valence-corrected chi connectivity index (χ3v) is 1.92. The number of nitrogens with one attached hydrogen (secondary N) is 2. The molecular weight excluding hydrogens is 184 g/mol. The number of anilines is 1. The van der Waals surface area contributed by atoms with Crippen LogP contribution < -0.4 is 16.9 Å². The zero-order valence-electron chi connectivity index (χ0n) is 7.42. The summed E-state index contributed by atoms with van der Waals surface area (Å²) >= 11 is 0. The molecule has 4 N–H and O–H groups in total. The highest BCUT2D eigenvalue weighted by atomic mass is 16.1. The minimum Gasteiger partial charge on any atom is -0.369 e. The average Bonchev–Trinajstić information content (AvgIpc) is 2.08. The number of hydrogen-bond donors (Lipinski definition) is 3. The first-order chi connectivity index (χ1) is 6.58. The van der Waals surface area contributed by atoms with E-state index in [1.165, 1.54) is 6.07 Å². The number of hydrogen-bond acceptors (Lipinski definition) is 4. The number of rotatable bonds is 0. The Morgan fingerprint density at radius 2 is 2.00 bits per heavy atom. The largest absolute Gasteiger partial charge is 0.369 e. The predicted molar refractivity (Wildman–Crippen MR) is 52.1 cm³/mol. The molecule has 2 aromatic heterocycles. The number of fused-ring (bicyclic) bond motifs is 1. The molecule has 0 radical (unpaired) electrons. The van der Waals surface area contributed by atoms with Gasteiger partial charge in [0.25, 0.3) is 11.1 Å². The van der Waals surface area contributed by atoms with Gasteiger partial charge in [0.1, 0.15) is 5.65 Å². The molecule has 0 atom stereocenters. The molecule has 0 fully saturated rings. The van der Waals surface area contributed by atoms with Crippen LogP contribution in [-0.2, 0) is 0 Å². The van der Waals surface area contributed by atoms with Gasteiger partial charge in [0.05, 0.1) is 5.39 Å². The lowest BCUT2D eigenvalue weighted by Gasteiger charge is -1.98. The van der Waals surface area contributed by atoms with E-state index in [9.17, 15) is 9.59 Å². The summed E-state index contributed by atoms with van der Waals surface area (Å²) in [5, 5.41) is 0.330. The first-order valence-electron chi connectivity index (χ1n) is 3.97. The van der Waals surface area contributed by atoms with Gasteiger partial charge in [-0.3, -0.25) is 14.6 Å². The summed E-state index contributed by atoms with van der Waals surface area (Å²) < 4.78 is 0. The second kappa shape index (κ2) is 2.69. The number of aryl methyl sites for hydroxylation is 1. The Kier molecular flexibility index (Phi) is 1.63. The van der Waals surface area contributed by atoms with Gasteiger partial charge in [-0.25, -0.2) is 0 Å². The first kappa shape index (κ1) is 8.49. The topological polar surface area (TPSA) is 105 Å². The summed E-state index contributed by atoms with van der Waals surface area (Å²) in [6, 6.07) is 1.49. The van der Waals surface area contributed by atoms with Crippen LogP contribution in [0.5, 0.6) is 0 Å². The van der Waals surface area contributed by atoms with E-state index in [-0.39, 0.29) is 22.7 Å². The van der Waals surface area contributed by atoms with Crippen molar-refractivity contribution >= 4 is 17.0 Å². The summed E-state index contributed by atoms with van der Waals surface area (Å²) in [4.78, 5) is 31.2. The summed E-state index contributed by atoms with van der Waals surface area (Å²) in [7, 11) is 0. The molecule has 0 spiro atoms. The van der Waals surface area contributed by atoms with Crippen molar-refractivity contribution in [2.75, 3.05) is 5.73 Å². The molecule has 0 unspecified atom stereocenters. The van der Waals surface area contributed by atoms with Crippen LogP contribution in [0.25, 0.3) is 11.0 Å². The van der Waals surface area contributed by atoms with Crippen molar-refractivity contribution in [1.82, 2.24) is 15.0 Å². The van der Waals surface area contributed by atoms with E-state index in [2.05, 4.69) is 15.0 Å². The maximum Gasteiger partial charge on any atom is 0.261 e. The number of H-pyrrole nitrogens is 2. The van der Waals surface area contributed by atoms with Crippen molar-refractivity contribution in [2.24, 2.45) is 0 Å². The Bertz CT molecular complexity index is 611. The second-order valence-electron chi connectivity index (χ2n) is 2.99. The van der Waals surface area contributed by atoms with E-state index < -0.39 is 0 Å². The highest BCUT2D eigenvalue weighted by Crippen LogP contribution is 2.02. The molecule has 6 heteroatoms. The molecule has 0 aliphatic carbocycles. The Balaban J connectivity index is 3.04. The average molecular weight is 192 g/mol. The fourth-order valence-corrected chi connectivity index (χ4v) is 1.22. The van der Waals surface area contributed by atoms with Crippen LogP contribution >= 0.6 is 0 Å². The molecule has 2 heterocycles. The molecule has 14 heavy (non-hydrogen) atoms. The van der Waals surface area contributed by atoms with E-state index in [1.54, 1.807) is 6.92 Å². The number of aromatic amines is 2. The minimum atomic E-state index is -0.355. The Morgan fingerprint density at radius 3 is 2.71 bits per heavy atom. The number of nitrogens with zero attached hydrogens (tertiary/aromatic N) is 1. The molecule has 2 aromatic rings. The molecule has 72 valence electrons. The van der Waals surface area contributed by atoms with Crippen LogP contribution in [0, 0.1) is 6.92 Å². The summed E-state index contributed by atoms with van der Waals surface area (Å²) in [6.07, 6.45) is 0. The van der Waals surface area contributed by atoms with Gasteiger partial charge in [-0.15, -0.1) is 0 Å². The van der Waals surface area contributed by atoms with Gasteiger partial charge >= 0.3 is 0 Å². The van der Waals surface area contributed by atoms with Gasteiger partial charge in [-0.2, -0.15) is 4.98 Å². The first-order valence-corrected chi connectivity index (χ1v) is 3.97. The van der Waals surface area contributed by atoms with Crippen molar-refractivity contribution in [3.8, 4) is 0 Å². The van der Waals surface area contributed by atoms with E-state index >= 15 is 0 Å². The quantitative estimate of drug-likeness (QED) is 0.523. The lowest BCUT2D eigenvalue weighted by atomic mass is 10.2. The van der Waals surface area contributed by atoms with E-state index in [4.69, 9.17) is 5.73 Å². The van der Waals surface area contributed by atoms with Gasteiger partial charge in [-0.05, 0) is 13.0 Å². The van der Waals surface area contributed by atoms with Crippen LogP contribution in [-0.4, -0.2) is 15.0 Å². The fraction of sp³-hybridized carbons (Fsp3) is 0.125. The standard InChI is InChI=1S/C8H8N4O2/c1-3-2-4-5(10-6(3)13)11-8(9)12-7(4)14/h2H,1H3,(H4,9,10,11,12,13,14). The molecule has 0 bridgehead atoms. The van der Waals surface area contributed by atoms with Gasteiger partial charge < -0.3 is 10.7 Å². The monoisotopic (exact) mass is 192 g/mol. The minimum absolute atomic E-state index is 0.0120. The van der Waals surface area contributed by atoms with E-state index in [1.807, 2.05) is 0 Å². The second-order valence-corrected chi connectivity index (χ2v) is 2.99. The van der Waals surface area contributed by atoms with Crippen LogP contribution in [0.3, 0.4) is 0 Å². The highest BCUT2D eigenvalue weighted by molar-refractivity contribution is 5.74. The van der Waals surface area contributed by atoms with Crippen LogP contribution in [0.4, 0.5) is 5.95 Å². The van der Waals surface area contributed by atoms with Crippen molar-refractivity contribution in [3.63, 3.8) is 0 Å². The molecular formula is C8H8N4O2. The van der Waals surface area contributed by atoms with Crippen LogP contribution in [0.2, 0.25) is 0 Å². The van der Waals surface area contributed by atoms with Gasteiger partial charge in [-0.1, -0.05) is 0 Å². The Labute approximate surface area is 77.8 Å².